The van der Waals surface area contributed by atoms with Crippen molar-refractivity contribution in [1.82, 2.24) is 0 Å². The van der Waals surface area contributed by atoms with Gasteiger partial charge in [-0.15, -0.1) is 0 Å². The van der Waals surface area contributed by atoms with Gasteiger partial charge in [-0.05, 0) is 18.9 Å². The molecule has 0 aliphatic carbocycles. The van der Waals surface area contributed by atoms with Gasteiger partial charge in [0.15, 0.2) is 0 Å². The Hall–Kier alpha value is -1.77. The molecular formula is C13H14O3. The standard InChI is InChI=1S/C13H14O3/c1-8(7-12(14)15)13-9(2)16-11-6-4-3-5-10(11)13/h3-6,8H,7H2,1-2H3,(H,14,15). The van der Waals surface area contributed by atoms with Crippen molar-refractivity contribution in [2.45, 2.75) is 26.2 Å². The number of fused-ring (bicyclic) bond motifs is 1. The van der Waals surface area contributed by atoms with Crippen LogP contribution >= 0.6 is 0 Å². The van der Waals surface area contributed by atoms with E-state index in [0.717, 1.165) is 22.3 Å². The summed E-state index contributed by atoms with van der Waals surface area (Å²) in [5, 5.41) is 9.84. The van der Waals surface area contributed by atoms with Crippen molar-refractivity contribution in [3.8, 4) is 0 Å². The second-order valence-corrected chi connectivity index (χ2v) is 4.07. The molecule has 0 amide bonds. The van der Waals surface area contributed by atoms with Crippen LogP contribution in [0.4, 0.5) is 0 Å². The number of hydrogen-bond acceptors (Lipinski definition) is 2. The topological polar surface area (TPSA) is 50.4 Å². The summed E-state index contributed by atoms with van der Waals surface area (Å²) >= 11 is 0. The first-order valence-electron chi connectivity index (χ1n) is 5.29. The number of para-hydroxylation sites is 1. The predicted octanol–water partition coefficient (Wildman–Crippen LogP) is 3.32. The number of furan rings is 1. The first kappa shape index (κ1) is 10.7. The van der Waals surface area contributed by atoms with E-state index in [0.29, 0.717) is 0 Å². The van der Waals surface area contributed by atoms with Gasteiger partial charge in [-0.3, -0.25) is 4.79 Å². The molecule has 16 heavy (non-hydrogen) atoms. The van der Waals surface area contributed by atoms with Gasteiger partial charge in [0.1, 0.15) is 11.3 Å². The van der Waals surface area contributed by atoms with Crippen LogP contribution in [0.3, 0.4) is 0 Å². The fourth-order valence-corrected chi connectivity index (χ4v) is 2.16. The quantitative estimate of drug-likeness (QED) is 0.859. The van der Waals surface area contributed by atoms with Crippen molar-refractivity contribution in [3.05, 3.63) is 35.6 Å². The molecule has 1 heterocycles. The molecule has 3 nitrogen and oxygen atoms in total. The molecule has 1 atom stereocenters. The van der Waals surface area contributed by atoms with Crippen LogP contribution in [0.25, 0.3) is 11.0 Å². The second-order valence-electron chi connectivity index (χ2n) is 4.07. The number of carboxylic acids is 1. The highest BCUT2D eigenvalue weighted by molar-refractivity contribution is 5.83. The summed E-state index contributed by atoms with van der Waals surface area (Å²) in [5.74, 6) is 0.00767. The Morgan fingerprint density at radius 3 is 2.81 bits per heavy atom. The van der Waals surface area contributed by atoms with Crippen LogP contribution in [0, 0.1) is 6.92 Å². The molecule has 0 bridgehead atoms. The van der Waals surface area contributed by atoms with E-state index in [1.165, 1.54) is 0 Å². The largest absolute Gasteiger partial charge is 0.481 e. The number of rotatable bonds is 3. The van der Waals surface area contributed by atoms with Gasteiger partial charge in [0.25, 0.3) is 0 Å². The summed E-state index contributed by atoms with van der Waals surface area (Å²) in [6.07, 6.45) is 0.129. The summed E-state index contributed by atoms with van der Waals surface area (Å²) in [4.78, 5) is 10.7. The first-order valence-corrected chi connectivity index (χ1v) is 5.29. The monoisotopic (exact) mass is 218 g/mol. The van der Waals surface area contributed by atoms with E-state index in [1.54, 1.807) is 0 Å². The lowest BCUT2D eigenvalue weighted by atomic mass is 9.95. The lowest BCUT2D eigenvalue weighted by Gasteiger charge is -2.07. The lowest BCUT2D eigenvalue weighted by molar-refractivity contribution is -0.137. The van der Waals surface area contributed by atoms with Crippen LogP contribution in [0.15, 0.2) is 28.7 Å². The minimum Gasteiger partial charge on any atom is -0.481 e. The summed E-state index contributed by atoms with van der Waals surface area (Å²) in [7, 11) is 0. The van der Waals surface area contributed by atoms with Crippen LogP contribution < -0.4 is 0 Å². The third-order valence-electron chi connectivity index (χ3n) is 2.79. The summed E-state index contributed by atoms with van der Waals surface area (Å²) in [6.45, 7) is 3.80. The number of carbonyl (C=O) groups is 1. The normalized spacial score (nSPS) is 12.9. The van der Waals surface area contributed by atoms with Gasteiger partial charge in [-0.2, -0.15) is 0 Å². The van der Waals surface area contributed by atoms with Gasteiger partial charge in [0.05, 0.1) is 6.42 Å². The third kappa shape index (κ3) is 1.81. The molecule has 2 aromatic rings. The molecule has 0 saturated carbocycles. The maximum atomic E-state index is 10.7. The van der Waals surface area contributed by atoms with Crippen molar-refractivity contribution < 1.29 is 14.3 Å². The zero-order chi connectivity index (χ0) is 11.7. The van der Waals surface area contributed by atoms with Gasteiger partial charge in [-0.25, -0.2) is 0 Å². The average molecular weight is 218 g/mol. The highest BCUT2D eigenvalue weighted by atomic mass is 16.4. The van der Waals surface area contributed by atoms with Gasteiger partial charge in [0.2, 0.25) is 0 Å². The number of hydrogen-bond donors (Lipinski definition) is 1. The Balaban J connectivity index is 2.50. The van der Waals surface area contributed by atoms with E-state index in [1.807, 2.05) is 38.1 Å². The number of aryl methyl sites for hydroxylation is 1. The fourth-order valence-electron chi connectivity index (χ4n) is 2.16. The zero-order valence-electron chi connectivity index (χ0n) is 9.36. The van der Waals surface area contributed by atoms with E-state index in [-0.39, 0.29) is 12.3 Å². The maximum Gasteiger partial charge on any atom is 0.303 e. The van der Waals surface area contributed by atoms with E-state index in [9.17, 15) is 4.79 Å². The van der Waals surface area contributed by atoms with E-state index in [2.05, 4.69) is 0 Å². The molecule has 0 radical (unpaired) electrons. The van der Waals surface area contributed by atoms with Gasteiger partial charge >= 0.3 is 5.97 Å². The molecule has 1 aromatic carbocycles. The van der Waals surface area contributed by atoms with Crippen LogP contribution in [-0.2, 0) is 4.79 Å². The zero-order valence-corrected chi connectivity index (χ0v) is 9.36. The Bertz CT molecular complexity index is 525. The lowest BCUT2D eigenvalue weighted by Crippen LogP contribution is -2.03. The molecule has 1 aromatic heterocycles. The highest BCUT2D eigenvalue weighted by Crippen LogP contribution is 2.32. The molecule has 0 aliphatic rings. The van der Waals surface area contributed by atoms with Crippen molar-refractivity contribution >= 4 is 16.9 Å². The Labute approximate surface area is 93.7 Å². The molecule has 2 rings (SSSR count). The number of aliphatic carboxylic acids is 1. The predicted molar refractivity (Wildman–Crippen MR) is 61.6 cm³/mol. The van der Waals surface area contributed by atoms with Gasteiger partial charge in [-0.1, -0.05) is 25.1 Å². The average Bonchev–Trinajstić information content (AvgIpc) is 2.52. The Kier molecular flexibility index (Phi) is 2.69. The van der Waals surface area contributed by atoms with Crippen LogP contribution in [0.5, 0.6) is 0 Å². The van der Waals surface area contributed by atoms with Crippen molar-refractivity contribution in [2.24, 2.45) is 0 Å². The molecule has 0 saturated heterocycles. The molecule has 0 spiro atoms. The Morgan fingerprint density at radius 2 is 2.12 bits per heavy atom. The fraction of sp³-hybridized carbons (Fsp3) is 0.308. The maximum absolute atomic E-state index is 10.7. The van der Waals surface area contributed by atoms with Gasteiger partial charge < -0.3 is 9.52 Å². The van der Waals surface area contributed by atoms with E-state index >= 15 is 0 Å². The summed E-state index contributed by atoms with van der Waals surface area (Å²) in [6, 6.07) is 7.73. The minimum absolute atomic E-state index is 0.0267. The molecule has 3 heteroatoms. The molecule has 0 fully saturated rings. The van der Waals surface area contributed by atoms with E-state index < -0.39 is 5.97 Å². The number of carboxylic acid groups (broad SMARTS) is 1. The molecule has 84 valence electrons. The second kappa shape index (κ2) is 4.00. The van der Waals surface area contributed by atoms with Crippen LogP contribution in [0.2, 0.25) is 0 Å². The summed E-state index contributed by atoms with van der Waals surface area (Å²) in [5.41, 5.74) is 1.84. The SMILES string of the molecule is Cc1oc2ccccc2c1C(C)CC(=O)O. The third-order valence-corrected chi connectivity index (χ3v) is 2.79. The van der Waals surface area contributed by atoms with Crippen molar-refractivity contribution in [2.75, 3.05) is 0 Å². The van der Waals surface area contributed by atoms with Crippen LogP contribution in [-0.4, -0.2) is 11.1 Å². The smallest absolute Gasteiger partial charge is 0.303 e. The molecular weight excluding hydrogens is 204 g/mol. The molecule has 1 unspecified atom stereocenters. The summed E-state index contributed by atoms with van der Waals surface area (Å²) < 4.78 is 5.61. The van der Waals surface area contributed by atoms with Crippen molar-refractivity contribution in [3.63, 3.8) is 0 Å². The number of benzene rings is 1. The van der Waals surface area contributed by atoms with Crippen LogP contribution in [0.1, 0.15) is 30.6 Å². The van der Waals surface area contributed by atoms with Crippen molar-refractivity contribution in [1.29, 1.82) is 0 Å². The van der Waals surface area contributed by atoms with E-state index in [4.69, 9.17) is 9.52 Å². The highest BCUT2D eigenvalue weighted by Gasteiger charge is 2.18. The minimum atomic E-state index is -0.780. The first-order chi connectivity index (χ1) is 7.59. The van der Waals surface area contributed by atoms with Gasteiger partial charge in [0, 0.05) is 10.9 Å². The molecule has 0 aliphatic heterocycles. The molecule has 1 N–H and O–H groups in total. The Morgan fingerprint density at radius 1 is 1.44 bits per heavy atom.